The highest BCUT2D eigenvalue weighted by Gasteiger charge is 2.55. The number of amides is 3. The van der Waals surface area contributed by atoms with Crippen molar-refractivity contribution in [1.29, 1.82) is 0 Å². The van der Waals surface area contributed by atoms with Gasteiger partial charge in [-0.1, -0.05) is 63.6 Å². The zero-order chi connectivity index (χ0) is 28.0. The molecular formula is C27H20BrN7O5. The zero-order valence-corrected chi connectivity index (χ0v) is 22.3. The first-order valence-electron chi connectivity index (χ1n) is 12.3. The fourth-order valence-corrected chi connectivity index (χ4v) is 5.30. The lowest BCUT2D eigenvalue weighted by molar-refractivity contribution is -0.384. The minimum absolute atomic E-state index is 0.0629. The van der Waals surface area contributed by atoms with Crippen LogP contribution < -0.4 is 4.90 Å². The molecule has 0 bridgehead atoms. The number of carbonyl (C=O) groups is 3. The minimum Gasteiger partial charge on any atom is -0.271 e. The van der Waals surface area contributed by atoms with Crippen molar-refractivity contribution in [3.63, 3.8) is 0 Å². The van der Waals surface area contributed by atoms with Crippen molar-refractivity contribution in [2.75, 3.05) is 11.4 Å². The van der Waals surface area contributed by atoms with Gasteiger partial charge in [-0.2, -0.15) is 10.2 Å². The summed E-state index contributed by atoms with van der Waals surface area (Å²) in [6.45, 7) is -0.340. The molecular weight excluding hydrogens is 582 g/mol. The molecule has 0 N–H and O–H groups in total. The Morgan fingerprint density at radius 2 is 1.68 bits per heavy atom. The number of nitrogens with zero attached hydrogens (tertiary/aromatic N) is 7. The molecule has 0 aliphatic carbocycles. The van der Waals surface area contributed by atoms with E-state index in [9.17, 15) is 24.5 Å². The predicted octanol–water partition coefficient (Wildman–Crippen LogP) is 4.03. The number of fused-ring (bicyclic) bond motifs is 1. The van der Waals surface area contributed by atoms with E-state index in [0.29, 0.717) is 23.4 Å². The molecule has 1 fully saturated rings. The Kier molecular flexibility index (Phi) is 6.42. The van der Waals surface area contributed by atoms with E-state index in [2.05, 4.69) is 31.4 Å². The van der Waals surface area contributed by atoms with Crippen LogP contribution in [0, 0.1) is 10.1 Å². The van der Waals surface area contributed by atoms with E-state index in [1.807, 2.05) is 30.3 Å². The Morgan fingerprint density at radius 3 is 2.35 bits per heavy atom. The quantitative estimate of drug-likeness (QED) is 0.237. The first-order valence-corrected chi connectivity index (χ1v) is 13.1. The first kappa shape index (κ1) is 25.5. The lowest BCUT2D eigenvalue weighted by Gasteiger charge is -2.25. The van der Waals surface area contributed by atoms with Gasteiger partial charge in [-0.05, 0) is 35.4 Å². The summed E-state index contributed by atoms with van der Waals surface area (Å²) in [5.74, 6) is -1.49. The third-order valence-electron chi connectivity index (χ3n) is 7.00. The van der Waals surface area contributed by atoms with Crippen molar-refractivity contribution in [3.8, 4) is 0 Å². The molecule has 13 heteroatoms. The normalized spacial score (nSPS) is 21.7. The molecule has 6 rings (SSSR count). The van der Waals surface area contributed by atoms with Crippen molar-refractivity contribution >= 4 is 50.7 Å². The molecule has 3 heterocycles. The van der Waals surface area contributed by atoms with Crippen LogP contribution in [0.3, 0.4) is 0 Å². The molecule has 3 aliphatic rings. The monoisotopic (exact) mass is 601 g/mol. The van der Waals surface area contributed by atoms with E-state index in [0.717, 1.165) is 14.9 Å². The summed E-state index contributed by atoms with van der Waals surface area (Å²) in [5, 5.41) is 26.3. The third-order valence-corrected chi connectivity index (χ3v) is 7.53. The molecule has 0 radical (unpaired) electrons. The summed E-state index contributed by atoms with van der Waals surface area (Å²) in [5.41, 5.74) is 2.53. The average Bonchev–Trinajstić information content (AvgIpc) is 3.65. The Bertz CT molecular complexity index is 1580. The van der Waals surface area contributed by atoms with Gasteiger partial charge in [0.2, 0.25) is 0 Å². The van der Waals surface area contributed by atoms with Gasteiger partial charge in [-0.25, -0.2) is 9.91 Å². The molecule has 3 aliphatic heterocycles. The highest BCUT2D eigenvalue weighted by atomic mass is 79.9. The van der Waals surface area contributed by atoms with Crippen molar-refractivity contribution < 1.29 is 19.3 Å². The molecule has 3 aromatic carbocycles. The van der Waals surface area contributed by atoms with E-state index in [1.165, 1.54) is 22.2 Å². The fourth-order valence-electron chi connectivity index (χ4n) is 5.03. The number of hydrogen-bond acceptors (Lipinski definition) is 9. The molecule has 0 aromatic heterocycles. The smallest absolute Gasteiger partial charge is 0.269 e. The summed E-state index contributed by atoms with van der Waals surface area (Å²) >= 11 is 3.34. The van der Waals surface area contributed by atoms with Crippen LogP contribution in [0.1, 0.15) is 23.6 Å². The van der Waals surface area contributed by atoms with Gasteiger partial charge in [0.25, 0.3) is 23.4 Å². The number of nitro benzene ring substituents is 1. The van der Waals surface area contributed by atoms with Gasteiger partial charge < -0.3 is 0 Å². The number of non-ortho nitro benzene ring substituents is 1. The van der Waals surface area contributed by atoms with Gasteiger partial charge in [-0.15, -0.1) is 0 Å². The van der Waals surface area contributed by atoms with Gasteiger partial charge in [-0.3, -0.25) is 29.5 Å². The SMILES string of the molecule is O=C1[C@H]2N=NN(CC(=O)N3N=C(c4ccccc4)C[C@H]3c3ccc([N+](=O)[O-])cc3)[C@@H]2C(=O)N1c1ccc(Br)cc1. The lowest BCUT2D eigenvalue weighted by atomic mass is 9.98. The second-order valence-corrected chi connectivity index (χ2v) is 10.3. The summed E-state index contributed by atoms with van der Waals surface area (Å²) in [6, 6.07) is 19.5. The van der Waals surface area contributed by atoms with Gasteiger partial charge >= 0.3 is 0 Å². The second kappa shape index (κ2) is 10.1. The number of carbonyl (C=O) groups excluding carboxylic acids is 3. The van der Waals surface area contributed by atoms with Gasteiger partial charge in [0.1, 0.15) is 6.54 Å². The van der Waals surface area contributed by atoms with Gasteiger partial charge in [0, 0.05) is 23.0 Å². The van der Waals surface area contributed by atoms with E-state index in [4.69, 9.17) is 0 Å². The van der Waals surface area contributed by atoms with E-state index in [1.54, 1.807) is 36.4 Å². The third kappa shape index (κ3) is 4.43. The Balaban J connectivity index is 1.26. The topological polar surface area (TPSA) is 141 Å². The average molecular weight is 602 g/mol. The number of benzene rings is 3. The molecule has 0 saturated carbocycles. The van der Waals surface area contributed by atoms with Crippen LogP contribution >= 0.6 is 15.9 Å². The van der Waals surface area contributed by atoms with Crippen LogP contribution in [0.4, 0.5) is 11.4 Å². The molecule has 3 atom stereocenters. The van der Waals surface area contributed by atoms with E-state index in [-0.39, 0.29) is 12.2 Å². The number of anilines is 1. The number of halogens is 1. The highest BCUT2D eigenvalue weighted by molar-refractivity contribution is 9.10. The molecule has 200 valence electrons. The maximum Gasteiger partial charge on any atom is 0.269 e. The van der Waals surface area contributed by atoms with Crippen LogP contribution in [0.5, 0.6) is 0 Å². The molecule has 0 unspecified atom stereocenters. The molecule has 40 heavy (non-hydrogen) atoms. The van der Waals surface area contributed by atoms with Crippen molar-refractivity contribution in [3.05, 3.63) is 105 Å². The van der Waals surface area contributed by atoms with E-state index >= 15 is 0 Å². The Labute approximate surface area is 235 Å². The Hall–Kier alpha value is -4.78. The van der Waals surface area contributed by atoms with Crippen LogP contribution in [0.25, 0.3) is 0 Å². The molecule has 1 saturated heterocycles. The maximum atomic E-state index is 13.7. The standard InChI is InChI=1S/C27H20BrN7O5/c28-18-8-12-19(13-9-18)33-26(37)24-25(27(33)38)32(31-29-24)15-23(36)34-22(17-6-10-20(11-7-17)35(39)40)14-21(30-34)16-4-2-1-3-5-16/h1-13,22,24-25H,14-15H2/t22-,24-,25-/m0/s1. The summed E-state index contributed by atoms with van der Waals surface area (Å²) in [6.07, 6.45) is 0.385. The number of rotatable bonds is 6. The Morgan fingerprint density at radius 1 is 0.975 bits per heavy atom. The van der Waals surface area contributed by atoms with Crippen LogP contribution in [-0.2, 0) is 14.4 Å². The first-order chi connectivity index (χ1) is 19.3. The summed E-state index contributed by atoms with van der Waals surface area (Å²) < 4.78 is 0.797. The van der Waals surface area contributed by atoms with Crippen LogP contribution in [0.2, 0.25) is 0 Å². The van der Waals surface area contributed by atoms with Gasteiger partial charge in [0.15, 0.2) is 12.1 Å². The highest BCUT2D eigenvalue weighted by Crippen LogP contribution is 2.36. The summed E-state index contributed by atoms with van der Waals surface area (Å²) in [4.78, 5) is 51.7. The maximum absolute atomic E-state index is 13.7. The number of hydrazone groups is 1. The predicted molar refractivity (Wildman–Crippen MR) is 146 cm³/mol. The zero-order valence-electron chi connectivity index (χ0n) is 20.7. The van der Waals surface area contributed by atoms with Crippen molar-refractivity contribution in [2.24, 2.45) is 15.4 Å². The van der Waals surface area contributed by atoms with Crippen LogP contribution in [-0.4, -0.2) is 57.0 Å². The number of imide groups is 1. The largest absolute Gasteiger partial charge is 0.271 e. The molecule has 3 amide bonds. The molecule has 0 spiro atoms. The van der Waals surface area contributed by atoms with Crippen molar-refractivity contribution in [1.82, 2.24) is 10.0 Å². The fraction of sp³-hybridized carbons (Fsp3) is 0.185. The lowest BCUT2D eigenvalue weighted by Crippen LogP contribution is -2.44. The summed E-state index contributed by atoms with van der Waals surface area (Å²) in [7, 11) is 0. The molecule has 3 aromatic rings. The number of hydrogen-bond donors (Lipinski definition) is 0. The second-order valence-electron chi connectivity index (χ2n) is 9.40. The van der Waals surface area contributed by atoms with E-state index < -0.39 is 40.8 Å². The van der Waals surface area contributed by atoms with Crippen molar-refractivity contribution in [2.45, 2.75) is 24.5 Å². The van der Waals surface area contributed by atoms with Gasteiger partial charge in [0.05, 0.1) is 22.4 Å². The molecule has 12 nitrogen and oxygen atoms in total. The number of nitro groups is 1. The van der Waals surface area contributed by atoms with Crippen LogP contribution in [0.15, 0.2) is 98.8 Å². The minimum atomic E-state index is -1.05.